The number of hydrogen-bond donors (Lipinski definition) is 0. The number of nitrogens with zero attached hydrogens (tertiary/aromatic N) is 7. The number of rotatable bonds is 4. The maximum Gasteiger partial charge on any atom is 0.225 e. The van der Waals surface area contributed by atoms with Gasteiger partial charge >= 0.3 is 0 Å². The molecule has 2 aromatic heterocycles. The first kappa shape index (κ1) is 15.5. The van der Waals surface area contributed by atoms with E-state index in [1.807, 2.05) is 23.4 Å². The summed E-state index contributed by atoms with van der Waals surface area (Å²) < 4.78 is 1.95. The number of piperidine rings is 1. The fourth-order valence-corrected chi connectivity index (χ4v) is 4.20. The maximum absolute atomic E-state index is 4.57. The molecular weight excluding hydrogens is 302 g/mol. The van der Waals surface area contributed by atoms with Gasteiger partial charge in [-0.3, -0.25) is 9.58 Å². The van der Waals surface area contributed by atoms with Crippen LogP contribution in [0.3, 0.4) is 0 Å². The van der Waals surface area contributed by atoms with E-state index in [1.165, 1.54) is 18.4 Å². The van der Waals surface area contributed by atoms with Crippen LogP contribution in [0.4, 0.5) is 5.95 Å². The fraction of sp³-hybridized carbons (Fsp3) is 0.647. The average Bonchev–Trinajstić information content (AvgIpc) is 3.24. The second-order valence-electron chi connectivity index (χ2n) is 6.98. The molecule has 4 rings (SSSR count). The van der Waals surface area contributed by atoms with Crippen LogP contribution in [0.2, 0.25) is 0 Å². The molecule has 2 saturated heterocycles. The van der Waals surface area contributed by atoms with E-state index in [4.69, 9.17) is 0 Å². The Hall–Kier alpha value is -2.02. The standard InChI is InChI=1S/C17H25N7/c1-3-13-7-19-17(20-8-13)23-5-4-16-14(9-23)6-15(22(16)2)10-24-12-18-11-21-24/h7-8,11-12,14-16H,3-6,9-10H2,1-2H3/t14-,15+,16+/m1/s1. The van der Waals surface area contributed by atoms with Crippen molar-refractivity contribution in [1.29, 1.82) is 0 Å². The van der Waals surface area contributed by atoms with Crippen LogP contribution in [0.15, 0.2) is 25.0 Å². The largest absolute Gasteiger partial charge is 0.340 e. The predicted molar refractivity (Wildman–Crippen MR) is 91.7 cm³/mol. The molecule has 4 heterocycles. The fourth-order valence-electron chi connectivity index (χ4n) is 4.20. The van der Waals surface area contributed by atoms with Crippen molar-refractivity contribution < 1.29 is 0 Å². The summed E-state index contributed by atoms with van der Waals surface area (Å²) in [4.78, 5) is 18.1. The molecule has 0 radical (unpaired) electrons. The summed E-state index contributed by atoms with van der Waals surface area (Å²) in [5.74, 6) is 1.56. The molecule has 2 aliphatic rings. The SMILES string of the molecule is CCc1cnc(N2CC[C@H]3[C@H](C[C@@H](Cn4cncn4)N3C)C2)nc1. The van der Waals surface area contributed by atoms with Crippen molar-refractivity contribution in [1.82, 2.24) is 29.6 Å². The Morgan fingerprint density at radius 3 is 2.79 bits per heavy atom. The van der Waals surface area contributed by atoms with Crippen molar-refractivity contribution in [3.63, 3.8) is 0 Å². The molecule has 0 aliphatic carbocycles. The summed E-state index contributed by atoms with van der Waals surface area (Å²) in [5, 5.41) is 4.26. The van der Waals surface area contributed by atoms with Crippen molar-refractivity contribution in [2.45, 2.75) is 44.8 Å². The van der Waals surface area contributed by atoms with Crippen LogP contribution in [0.1, 0.15) is 25.3 Å². The van der Waals surface area contributed by atoms with Crippen LogP contribution in [0.25, 0.3) is 0 Å². The third kappa shape index (κ3) is 2.88. The third-order valence-electron chi connectivity index (χ3n) is 5.61. The first-order valence-corrected chi connectivity index (χ1v) is 8.84. The zero-order valence-electron chi connectivity index (χ0n) is 14.4. The summed E-state index contributed by atoms with van der Waals surface area (Å²) in [7, 11) is 2.26. The molecule has 7 heteroatoms. The molecule has 0 N–H and O–H groups in total. The number of likely N-dealkylation sites (tertiary alicyclic amines) is 1. The van der Waals surface area contributed by atoms with Crippen LogP contribution in [0, 0.1) is 5.92 Å². The van der Waals surface area contributed by atoms with E-state index in [0.717, 1.165) is 32.0 Å². The van der Waals surface area contributed by atoms with Gasteiger partial charge in [0.05, 0.1) is 6.54 Å². The molecule has 0 saturated carbocycles. The Morgan fingerprint density at radius 1 is 1.25 bits per heavy atom. The summed E-state index contributed by atoms with van der Waals surface area (Å²) in [6, 6.07) is 1.19. The summed E-state index contributed by atoms with van der Waals surface area (Å²) in [6.45, 7) is 5.14. The second kappa shape index (κ2) is 6.47. The van der Waals surface area contributed by atoms with Crippen LogP contribution >= 0.6 is 0 Å². The lowest BCUT2D eigenvalue weighted by atomic mass is 9.92. The van der Waals surface area contributed by atoms with E-state index >= 15 is 0 Å². The Kier molecular flexibility index (Phi) is 4.18. The molecule has 2 aromatic rings. The number of likely N-dealkylation sites (N-methyl/N-ethyl adjacent to an activating group) is 1. The Balaban J connectivity index is 1.43. The van der Waals surface area contributed by atoms with Crippen molar-refractivity contribution in [2.24, 2.45) is 5.92 Å². The number of aromatic nitrogens is 5. The molecule has 0 amide bonds. The normalized spacial score (nSPS) is 27.4. The van der Waals surface area contributed by atoms with Gasteiger partial charge in [0.2, 0.25) is 5.95 Å². The van der Waals surface area contributed by atoms with Gasteiger partial charge in [0, 0.05) is 37.6 Å². The highest BCUT2D eigenvalue weighted by Crippen LogP contribution is 2.35. The van der Waals surface area contributed by atoms with E-state index < -0.39 is 0 Å². The lowest BCUT2D eigenvalue weighted by Crippen LogP contribution is -2.46. The minimum Gasteiger partial charge on any atom is -0.340 e. The number of fused-ring (bicyclic) bond motifs is 1. The van der Waals surface area contributed by atoms with E-state index in [-0.39, 0.29) is 0 Å². The van der Waals surface area contributed by atoms with Gasteiger partial charge in [0.25, 0.3) is 0 Å². The number of aryl methyl sites for hydroxylation is 1. The van der Waals surface area contributed by atoms with Crippen molar-refractivity contribution >= 4 is 5.95 Å². The summed E-state index contributed by atoms with van der Waals surface area (Å²) in [5.41, 5.74) is 1.20. The third-order valence-corrected chi connectivity index (χ3v) is 5.61. The zero-order valence-corrected chi connectivity index (χ0v) is 14.4. The van der Waals surface area contributed by atoms with E-state index in [2.05, 4.69) is 43.8 Å². The molecule has 3 atom stereocenters. The first-order valence-electron chi connectivity index (χ1n) is 8.84. The predicted octanol–water partition coefficient (Wildman–Crippen LogP) is 1.23. The maximum atomic E-state index is 4.57. The molecule has 2 fully saturated rings. The molecule has 2 aliphatic heterocycles. The number of hydrogen-bond acceptors (Lipinski definition) is 6. The second-order valence-corrected chi connectivity index (χ2v) is 6.98. The Labute approximate surface area is 142 Å². The molecular formula is C17H25N7. The summed E-state index contributed by atoms with van der Waals surface area (Å²) in [6.07, 6.45) is 10.7. The highest BCUT2D eigenvalue weighted by Gasteiger charge is 2.42. The summed E-state index contributed by atoms with van der Waals surface area (Å²) >= 11 is 0. The van der Waals surface area contributed by atoms with Gasteiger partial charge in [-0.1, -0.05) is 6.92 Å². The minimum absolute atomic E-state index is 0.532. The van der Waals surface area contributed by atoms with Crippen LogP contribution in [0.5, 0.6) is 0 Å². The Morgan fingerprint density at radius 2 is 2.08 bits per heavy atom. The molecule has 128 valence electrons. The minimum atomic E-state index is 0.532. The Bertz CT molecular complexity index is 654. The molecule has 0 spiro atoms. The van der Waals surface area contributed by atoms with Crippen molar-refractivity contribution in [3.05, 3.63) is 30.6 Å². The van der Waals surface area contributed by atoms with Crippen LogP contribution in [-0.2, 0) is 13.0 Å². The quantitative estimate of drug-likeness (QED) is 0.842. The van der Waals surface area contributed by atoms with Crippen LogP contribution in [-0.4, -0.2) is 61.9 Å². The lowest BCUT2D eigenvalue weighted by Gasteiger charge is -2.37. The van der Waals surface area contributed by atoms with Gasteiger partial charge < -0.3 is 4.90 Å². The van der Waals surface area contributed by atoms with E-state index in [1.54, 1.807) is 6.33 Å². The van der Waals surface area contributed by atoms with Gasteiger partial charge in [0.15, 0.2) is 0 Å². The number of anilines is 1. The van der Waals surface area contributed by atoms with Gasteiger partial charge in [0.1, 0.15) is 12.7 Å². The molecule has 24 heavy (non-hydrogen) atoms. The van der Waals surface area contributed by atoms with E-state index in [0.29, 0.717) is 18.0 Å². The highest BCUT2D eigenvalue weighted by atomic mass is 15.3. The van der Waals surface area contributed by atoms with Crippen LogP contribution < -0.4 is 4.90 Å². The van der Waals surface area contributed by atoms with Crippen molar-refractivity contribution in [2.75, 3.05) is 25.0 Å². The van der Waals surface area contributed by atoms with Gasteiger partial charge in [-0.2, -0.15) is 5.10 Å². The molecule has 0 unspecified atom stereocenters. The zero-order chi connectivity index (χ0) is 16.5. The molecule has 0 aromatic carbocycles. The smallest absolute Gasteiger partial charge is 0.225 e. The van der Waals surface area contributed by atoms with Crippen molar-refractivity contribution in [3.8, 4) is 0 Å². The first-order chi connectivity index (χ1) is 11.7. The van der Waals surface area contributed by atoms with Gasteiger partial charge in [-0.15, -0.1) is 0 Å². The average molecular weight is 327 g/mol. The molecule has 7 nitrogen and oxygen atoms in total. The van der Waals surface area contributed by atoms with Gasteiger partial charge in [-0.05, 0) is 37.8 Å². The lowest BCUT2D eigenvalue weighted by molar-refractivity contribution is 0.188. The van der Waals surface area contributed by atoms with E-state index in [9.17, 15) is 0 Å². The topological polar surface area (TPSA) is 63.0 Å². The highest BCUT2D eigenvalue weighted by molar-refractivity contribution is 5.31. The monoisotopic (exact) mass is 327 g/mol. The van der Waals surface area contributed by atoms with Gasteiger partial charge in [-0.25, -0.2) is 15.0 Å². The molecule has 0 bridgehead atoms.